The maximum Gasteiger partial charge on any atom is 0.326 e. The summed E-state index contributed by atoms with van der Waals surface area (Å²) in [6.07, 6.45) is 3.39. The highest BCUT2D eigenvalue weighted by Crippen LogP contribution is 2.31. The highest BCUT2D eigenvalue weighted by atomic mass is 16.4. The van der Waals surface area contributed by atoms with Gasteiger partial charge in [-0.25, -0.2) is 4.79 Å². The summed E-state index contributed by atoms with van der Waals surface area (Å²) in [5.41, 5.74) is 1.89. The Hall–Kier alpha value is -2.10. The number of aromatic nitrogens is 1. The van der Waals surface area contributed by atoms with Crippen LogP contribution in [0.5, 0.6) is 0 Å². The minimum Gasteiger partial charge on any atom is -0.480 e. The van der Waals surface area contributed by atoms with E-state index in [1.165, 1.54) is 0 Å². The molecule has 4 heteroatoms. The van der Waals surface area contributed by atoms with Crippen molar-refractivity contribution < 1.29 is 9.90 Å². The second-order valence-corrected chi connectivity index (χ2v) is 4.54. The fourth-order valence-corrected chi connectivity index (χ4v) is 2.65. The van der Waals surface area contributed by atoms with Gasteiger partial charge in [0.25, 0.3) is 0 Å². The van der Waals surface area contributed by atoms with Gasteiger partial charge in [0.2, 0.25) is 0 Å². The minimum absolute atomic E-state index is 0.407. The molecule has 1 aromatic heterocycles. The summed E-state index contributed by atoms with van der Waals surface area (Å²) < 4.78 is 0. The van der Waals surface area contributed by atoms with E-state index in [9.17, 15) is 9.90 Å². The first kappa shape index (κ1) is 11.0. The molecule has 92 valence electrons. The zero-order valence-electron chi connectivity index (χ0n) is 9.91. The van der Waals surface area contributed by atoms with Crippen molar-refractivity contribution in [3.63, 3.8) is 0 Å². The lowest BCUT2D eigenvalue weighted by Crippen LogP contribution is -2.35. The third-order valence-corrected chi connectivity index (χ3v) is 3.47. The molecule has 0 saturated carbocycles. The van der Waals surface area contributed by atoms with Gasteiger partial charge in [-0.2, -0.15) is 0 Å². The van der Waals surface area contributed by atoms with E-state index in [-0.39, 0.29) is 0 Å². The van der Waals surface area contributed by atoms with E-state index in [0.29, 0.717) is 6.42 Å². The maximum absolute atomic E-state index is 11.3. The fourth-order valence-electron chi connectivity index (χ4n) is 2.65. The lowest BCUT2D eigenvalue weighted by molar-refractivity contribution is -0.138. The van der Waals surface area contributed by atoms with Crippen LogP contribution in [0.3, 0.4) is 0 Å². The summed E-state index contributed by atoms with van der Waals surface area (Å²) in [6, 6.07) is 9.33. The Morgan fingerprint density at radius 1 is 1.33 bits per heavy atom. The van der Waals surface area contributed by atoms with Crippen LogP contribution in [0.4, 0.5) is 5.69 Å². The van der Waals surface area contributed by atoms with Crippen LogP contribution in [0.25, 0.3) is 10.9 Å². The molecule has 0 aliphatic carbocycles. The van der Waals surface area contributed by atoms with Crippen LogP contribution in [0.1, 0.15) is 12.8 Å². The summed E-state index contributed by atoms with van der Waals surface area (Å²) in [4.78, 5) is 17.6. The molecule has 2 aromatic rings. The average Bonchev–Trinajstić information content (AvgIpc) is 2.87. The van der Waals surface area contributed by atoms with E-state index in [1.807, 2.05) is 35.2 Å². The Morgan fingerprint density at radius 2 is 2.22 bits per heavy atom. The number of anilines is 1. The molecule has 1 unspecified atom stereocenters. The SMILES string of the molecule is O=C(O)C1CCCN1c1cccc2ncccc12. The molecular weight excluding hydrogens is 228 g/mol. The monoisotopic (exact) mass is 242 g/mol. The van der Waals surface area contributed by atoms with Crippen LogP contribution in [-0.2, 0) is 4.79 Å². The first-order valence-electron chi connectivity index (χ1n) is 6.10. The highest BCUT2D eigenvalue weighted by Gasteiger charge is 2.31. The number of hydrogen-bond acceptors (Lipinski definition) is 3. The topological polar surface area (TPSA) is 53.4 Å². The molecule has 1 saturated heterocycles. The fraction of sp³-hybridized carbons (Fsp3) is 0.286. The second-order valence-electron chi connectivity index (χ2n) is 4.54. The van der Waals surface area contributed by atoms with Gasteiger partial charge in [0.15, 0.2) is 0 Å². The average molecular weight is 242 g/mol. The lowest BCUT2D eigenvalue weighted by atomic mass is 10.1. The number of rotatable bonds is 2. The Bertz CT molecular complexity index is 592. The first-order valence-corrected chi connectivity index (χ1v) is 6.10. The number of aliphatic carboxylic acids is 1. The number of benzene rings is 1. The van der Waals surface area contributed by atoms with Crippen LogP contribution in [0.15, 0.2) is 36.5 Å². The van der Waals surface area contributed by atoms with Crippen LogP contribution in [0, 0.1) is 0 Å². The van der Waals surface area contributed by atoms with E-state index in [0.717, 1.165) is 29.6 Å². The van der Waals surface area contributed by atoms with E-state index in [1.54, 1.807) is 6.20 Å². The molecule has 1 fully saturated rings. The van der Waals surface area contributed by atoms with Crippen LogP contribution in [-0.4, -0.2) is 28.6 Å². The molecule has 0 bridgehead atoms. The van der Waals surface area contributed by atoms with Crippen LogP contribution >= 0.6 is 0 Å². The molecule has 0 radical (unpaired) electrons. The van der Waals surface area contributed by atoms with Crippen molar-refractivity contribution in [2.24, 2.45) is 0 Å². The third-order valence-electron chi connectivity index (χ3n) is 3.47. The number of nitrogens with zero attached hydrogens (tertiary/aromatic N) is 2. The Labute approximate surface area is 105 Å². The van der Waals surface area contributed by atoms with Crippen molar-refractivity contribution >= 4 is 22.6 Å². The summed E-state index contributed by atoms with van der Waals surface area (Å²) in [5, 5.41) is 10.3. The normalized spacial score (nSPS) is 19.3. The van der Waals surface area contributed by atoms with Crippen LogP contribution < -0.4 is 4.90 Å². The predicted molar refractivity (Wildman–Crippen MR) is 69.7 cm³/mol. The van der Waals surface area contributed by atoms with Crippen molar-refractivity contribution in [3.05, 3.63) is 36.5 Å². The van der Waals surface area contributed by atoms with Crippen molar-refractivity contribution in [1.29, 1.82) is 0 Å². The molecule has 1 N–H and O–H groups in total. The van der Waals surface area contributed by atoms with Gasteiger partial charge in [-0.3, -0.25) is 4.98 Å². The Balaban J connectivity index is 2.11. The van der Waals surface area contributed by atoms with Crippen molar-refractivity contribution in [2.45, 2.75) is 18.9 Å². The number of fused-ring (bicyclic) bond motifs is 1. The summed E-state index contributed by atoms with van der Waals surface area (Å²) in [5.74, 6) is -0.742. The molecule has 3 rings (SSSR count). The highest BCUT2D eigenvalue weighted by molar-refractivity contribution is 5.94. The van der Waals surface area contributed by atoms with Gasteiger partial charge in [-0.1, -0.05) is 6.07 Å². The quantitative estimate of drug-likeness (QED) is 0.877. The maximum atomic E-state index is 11.3. The number of hydrogen-bond donors (Lipinski definition) is 1. The standard InChI is InChI=1S/C14H14N2O2/c17-14(18)13-7-3-9-16(13)12-6-1-5-11-10(12)4-2-8-15-11/h1-2,4-6,8,13H,3,7,9H2,(H,17,18). The number of carboxylic acids is 1. The van der Waals surface area contributed by atoms with Gasteiger partial charge in [0, 0.05) is 23.8 Å². The van der Waals surface area contributed by atoms with Crippen molar-refractivity contribution in [2.75, 3.05) is 11.4 Å². The molecule has 1 atom stereocenters. The Kier molecular flexibility index (Phi) is 2.63. The zero-order chi connectivity index (χ0) is 12.5. The summed E-state index contributed by atoms with van der Waals surface area (Å²) >= 11 is 0. The van der Waals surface area contributed by atoms with Gasteiger partial charge in [0.1, 0.15) is 6.04 Å². The summed E-state index contributed by atoms with van der Waals surface area (Å²) in [6.45, 7) is 0.797. The first-order chi connectivity index (χ1) is 8.77. The number of pyridine rings is 1. The molecular formula is C14H14N2O2. The molecule has 18 heavy (non-hydrogen) atoms. The summed E-state index contributed by atoms with van der Waals surface area (Å²) in [7, 11) is 0. The largest absolute Gasteiger partial charge is 0.480 e. The molecule has 0 amide bonds. The number of carboxylic acid groups (broad SMARTS) is 1. The van der Waals surface area contributed by atoms with Gasteiger partial charge < -0.3 is 10.0 Å². The predicted octanol–water partition coefficient (Wildman–Crippen LogP) is 2.29. The zero-order valence-corrected chi connectivity index (χ0v) is 9.91. The molecule has 1 aliphatic rings. The van der Waals surface area contributed by atoms with Gasteiger partial charge in [-0.15, -0.1) is 0 Å². The van der Waals surface area contributed by atoms with E-state index >= 15 is 0 Å². The van der Waals surface area contributed by atoms with Gasteiger partial charge >= 0.3 is 5.97 Å². The minimum atomic E-state index is -0.742. The molecule has 4 nitrogen and oxygen atoms in total. The van der Waals surface area contributed by atoms with Crippen molar-refractivity contribution in [1.82, 2.24) is 4.98 Å². The lowest BCUT2D eigenvalue weighted by Gasteiger charge is -2.24. The third kappa shape index (κ3) is 1.70. The van der Waals surface area contributed by atoms with E-state index < -0.39 is 12.0 Å². The van der Waals surface area contributed by atoms with Crippen molar-refractivity contribution in [3.8, 4) is 0 Å². The molecule has 2 heterocycles. The van der Waals surface area contributed by atoms with Gasteiger partial charge in [0.05, 0.1) is 5.52 Å². The van der Waals surface area contributed by atoms with Crippen LogP contribution in [0.2, 0.25) is 0 Å². The van der Waals surface area contributed by atoms with Gasteiger partial charge in [-0.05, 0) is 37.1 Å². The number of carbonyl (C=O) groups is 1. The second kappa shape index (κ2) is 4.29. The van der Waals surface area contributed by atoms with E-state index in [4.69, 9.17) is 0 Å². The Morgan fingerprint density at radius 3 is 3.06 bits per heavy atom. The smallest absolute Gasteiger partial charge is 0.326 e. The molecule has 0 spiro atoms. The molecule has 1 aromatic carbocycles. The molecule has 1 aliphatic heterocycles. The van der Waals surface area contributed by atoms with E-state index in [2.05, 4.69) is 4.98 Å².